The predicted octanol–water partition coefficient (Wildman–Crippen LogP) is 3.54. The first-order chi connectivity index (χ1) is 16.5. The molecule has 2 aliphatic rings. The summed E-state index contributed by atoms with van der Waals surface area (Å²) >= 11 is 1.68. The monoisotopic (exact) mass is 480 g/mol. The molecule has 34 heavy (non-hydrogen) atoms. The molecule has 0 unspecified atom stereocenters. The van der Waals surface area contributed by atoms with E-state index in [0.717, 1.165) is 64.8 Å². The highest BCUT2D eigenvalue weighted by Crippen LogP contribution is 2.26. The highest BCUT2D eigenvalue weighted by molar-refractivity contribution is 7.18. The number of aryl methyl sites for hydroxylation is 1. The van der Waals surface area contributed by atoms with Crippen LogP contribution in [0.15, 0.2) is 53.7 Å². The Kier molecular flexibility index (Phi) is 7.10. The molecule has 7 nitrogen and oxygen atoms in total. The molecular formula is C26H32N4O3S. The van der Waals surface area contributed by atoms with Crippen LogP contribution in [0.25, 0.3) is 10.2 Å². The normalized spacial score (nSPS) is 22.5. The van der Waals surface area contributed by atoms with Crippen molar-refractivity contribution in [2.45, 2.75) is 38.5 Å². The van der Waals surface area contributed by atoms with Crippen LogP contribution < -0.4 is 4.74 Å². The second-order valence-electron chi connectivity index (χ2n) is 9.27. The summed E-state index contributed by atoms with van der Waals surface area (Å²) in [4.78, 5) is 15.0. The molecular weight excluding hydrogens is 448 g/mol. The summed E-state index contributed by atoms with van der Waals surface area (Å²) in [6.07, 6.45) is 0.410. The average molecular weight is 481 g/mol. The maximum absolute atomic E-state index is 10.6. The number of thiazole rings is 1. The van der Waals surface area contributed by atoms with Crippen molar-refractivity contribution < 1.29 is 14.7 Å². The van der Waals surface area contributed by atoms with Crippen molar-refractivity contribution in [3.8, 4) is 5.75 Å². The molecule has 3 aromatic rings. The van der Waals surface area contributed by atoms with Gasteiger partial charge in [0.15, 0.2) is 0 Å². The maximum Gasteiger partial charge on any atom is 0.145 e. The quantitative estimate of drug-likeness (QED) is 0.532. The van der Waals surface area contributed by atoms with Gasteiger partial charge in [-0.15, -0.1) is 11.3 Å². The Morgan fingerprint density at radius 2 is 2.06 bits per heavy atom. The van der Waals surface area contributed by atoms with Crippen molar-refractivity contribution in [2.75, 3.05) is 39.3 Å². The summed E-state index contributed by atoms with van der Waals surface area (Å²) in [5, 5.41) is 15.9. The predicted molar refractivity (Wildman–Crippen MR) is 136 cm³/mol. The van der Waals surface area contributed by atoms with Gasteiger partial charge in [-0.05, 0) is 31.5 Å². The van der Waals surface area contributed by atoms with Crippen LogP contribution in [0, 0.1) is 6.92 Å². The van der Waals surface area contributed by atoms with Crippen molar-refractivity contribution in [1.29, 1.82) is 0 Å². The second kappa shape index (κ2) is 10.4. The summed E-state index contributed by atoms with van der Waals surface area (Å²) in [6, 6.07) is 16.6. The Labute approximate surface area is 204 Å². The molecule has 3 atom stereocenters. The molecule has 1 fully saturated rings. The van der Waals surface area contributed by atoms with Gasteiger partial charge in [0.2, 0.25) is 0 Å². The van der Waals surface area contributed by atoms with Crippen LogP contribution in [-0.4, -0.2) is 83.2 Å². The van der Waals surface area contributed by atoms with Crippen molar-refractivity contribution in [1.82, 2.24) is 14.8 Å². The summed E-state index contributed by atoms with van der Waals surface area (Å²) in [5.74, 6) is 0.753. The minimum absolute atomic E-state index is 0.0991. The standard InChI is InChI=1S/C26H32N4O3S/c1-18-14-29(15-21(31)17-32-22-8-9-26-25(12-22)27-19(2)34-26)10-11-30(18)16-23-13-24(28-33-23)20-6-4-3-5-7-20/h3-9,12,18,21,23,31H,10-11,13-17H2,1-2H3/t18-,21+,23+/m0/s1. The molecule has 2 aliphatic heterocycles. The highest BCUT2D eigenvalue weighted by atomic mass is 32.1. The van der Waals surface area contributed by atoms with Gasteiger partial charge in [0.25, 0.3) is 0 Å². The Morgan fingerprint density at radius 3 is 2.88 bits per heavy atom. The minimum Gasteiger partial charge on any atom is -0.491 e. The van der Waals surface area contributed by atoms with E-state index in [0.29, 0.717) is 12.6 Å². The molecule has 0 spiro atoms. The number of fused-ring (bicyclic) bond motifs is 1. The lowest BCUT2D eigenvalue weighted by atomic mass is 10.0. The van der Waals surface area contributed by atoms with Gasteiger partial charge in [-0.25, -0.2) is 4.98 Å². The zero-order valence-electron chi connectivity index (χ0n) is 19.8. The van der Waals surface area contributed by atoms with Crippen LogP contribution in [0.1, 0.15) is 23.9 Å². The summed E-state index contributed by atoms with van der Waals surface area (Å²) in [7, 11) is 0. The molecule has 0 bridgehead atoms. The van der Waals surface area contributed by atoms with E-state index in [4.69, 9.17) is 9.57 Å². The van der Waals surface area contributed by atoms with E-state index in [1.807, 2.05) is 43.3 Å². The van der Waals surface area contributed by atoms with Crippen LogP contribution in [-0.2, 0) is 4.84 Å². The molecule has 5 rings (SSSR count). The maximum atomic E-state index is 10.6. The van der Waals surface area contributed by atoms with Crippen molar-refractivity contribution in [3.63, 3.8) is 0 Å². The molecule has 1 aromatic heterocycles. The van der Waals surface area contributed by atoms with Gasteiger partial charge in [-0.2, -0.15) is 0 Å². The van der Waals surface area contributed by atoms with E-state index in [-0.39, 0.29) is 12.7 Å². The van der Waals surface area contributed by atoms with Gasteiger partial charge in [0.1, 0.15) is 24.6 Å². The number of aromatic nitrogens is 1. The number of oxime groups is 1. The fourth-order valence-corrected chi connectivity index (χ4v) is 5.56. The number of rotatable bonds is 8. The Morgan fingerprint density at radius 1 is 1.21 bits per heavy atom. The summed E-state index contributed by atoms with van der Waals surface area (Å²) in [5.41, 5.74) is 3.12. The summed E-state index contributed by atoms with van der Waals surface area (Å²) < 4.78 is 7.01. The molecule has 0 aliphatic carbocycles. The SMILES string of the molecule is Cc1nc2cc(OC[C@H](O)CN3CCN(C[C@H]4CC(c5ccccc5)=NO4)[C@@H](C)C3)ccc2s1. The summed E-state index contributed by atoms with van der Waals surface area (Å²) in [6.45, 7) is 8.80. The average Bonchev–Trinajstić information content (AvgIpc) is 3.45. The molecule has 3 heterocycles. The molecule has 0 radical (unpaired) electrons. The van der Waals surface area contributed by atoms with E-state index in [1.165, 1.54) is 0 Å². The van der Waals surface area contributed by atoms with E-state index >= 15 is 0 Å². The number of hydrogen-bond acceptors (Lipinski definition) is 8. The molecule has 2 aromatic carbocycles. The van der Waals surface area contributed by atoms with Crippen LogP contribution in [0.5, 0.6) is 5.75 Å². The third-order valence-electron chi connectivity index (χ3n) is 6.50. The highest BCUT2D eigenvalue weighted by Gasteiger charge is 2.30. The number of aliphatic hydroxyl groups is 1. The third kappa shape index (κ3) is 5.58. The molecule has 0 saturated carbocycles. The topological polar surface area (TPSA) is 70.4 Å². The van der Waals surface area contributed by atoms with Gasteiger partial charge in [0.05, 0.1) is 20.9 Å². The van der Waals surface area contributed by atoms with E-state index in [1.54, 1.807) is 11.3 Å². The van der Waals surface area contributed by atoms with Gasteiger partial charge in [0, 0.05) is 51.3 Å². The first-order valence-corrected chi connectivity index (χ1v) is 12.8. The molecule has 8 heteroatoms. The zero-order chi connectivity index (χ0) is 23.5. The number of piperazine rings is 1. The van der Waals surface area contributed by atoms with Crippen molar-refractivity contribution in [3.05, 3.63) is 59.1 Å². The second-order valence-corrected chi connectivity index (χ2v) is 10.5. The number of benzene rings is 2. The van der Waals surface area contributed by atoms with Gasteiger partial charge in [-0.1, -0.05) is 35.5 Å². The fraction of sp³-hybridized carbons (Fsp3) is 0.462. The Bertz CT molecular complexity index is 1140. The number of nitrogens with zero attached hydrogens (tertiary/aromatic N) is 4. The Balaban J connectivity index is 1.05. The van der Waals surface area contributed by atoms with Crippen LogP contribution in [0.2, 0.25) is 0 Å². The molecule has 0 amide bonds. The van der Waals surface area contributed by atoms with Crippen LogP contribution in [0.4, 0.5) is 0 Å². The first-order valence-electron chi connectivity index (χ1n) is 12.0. The van der Waals surface area contributed by atoms with E-state index in [2.05, 4.69) is 39.0 Å². The van der Waals surface area contributed by atoms with Gasteiger partial charge in [-0.3, -0.25) is 9.80 Å². The largest absolute Gasteiger partial charge is 0.491 e. The number of aliphatic hydroxyl groups excluding tert-OH is 1. The van der Waals surface area contributed by atoms with Crippen molar-refractivity contribution >= 4 is 27.3 Å². The third-order valence-corrected chi connectivity index (χ3v) is 7.46. The lowest BCUT2D eigenvalue weighted by Gasteiger charge is -2.41. The smallest absolute Gasteiger partial charge is 0.145 e. The molecule has 180 valence electrons. The molecule has 1 N–H and O–H groups in total. The zero-order valence-corrected chi connectivity index (χ0v) is 20.6. The van der Waals surface area contributed by atoms with Gasteiger partial charge < -0.3 is 14.7 Å². The fourth-order valence-electron chi connectivity index (χ4n) is 4.75. The lowest BCUT2D eigenvalue weighted by Crippen LogP contribution is -2.55. The first kappa shape index (κ1) is 23.2. The number of ether oxygens (including phenoxy) is 1. The van der Waals surface area contributed by atoms with Crippen molar-refractivity contribution in [2.24, 2.45) is 5.16 Å². The van der Waals surface area contributed by atoms with E-state index in [9.17, 15) is 5.11 Å². The van der Waals surface area contributed by atoms with Crippen LogP contribution in [0.3, 0.4) is 0 Å². The molecule has 1 saturated heterocycles. The number of hydrogen-bond donors (Lipinski definition) is 1. The Hall–Kier alpha value is -2.52. The minimum atomic E-state index is -0.536. The lowest BCUT2D eigenvalue weighted by molar-refractivity contribution is -0.00182. The van der Waals surface area contributed by atoms with E-state index < -0.39 is 6.10 Å². The number of β-amino-alcohol motifs (C(OH)–C–C–N with tert-alkyl or cyclic N) is 1. The van der Waals surface area contributed by atoms with Gasteiger partial charge >= 0.3 is 0 Å². The van der Waals surface area contributed by atoms with Crippen LogP contribution >= 0.6 is 11.3 Å².